The van der Waals surface area contributed by atoms with Crippen molar-refractivity contribution in [2.45, 2.75) is 18.9 Å². The minimum absolute atomic E-state index is 0.237. The molecule has 1 aliphatic rings. The van der Waals surface area contributed by atoms with E-state index in [0.29, 0.717) is 6.42 Å². The van der Waals surface area contributed by atoms with Gasteiger partial charge in [-0.25, -0.2) is 4.79 Å². The van der Waals surface area contributed by atoms with Crippen LogP contribution in [0, 0.1) is 12.3 Å². The molecule has 3 heteroatoms. The van der Waals surface area contributed by atoms with Crippen LogP contribution in [0.1, 0.15) is 13.3 Å². The van der Waals surface area contributed by atoms with Crippen LogP contribution in [0.5, 0.6) is 0 Å². The number of ether oxygens (including phenoxy) is 1. The van der Waals surface area contributed by atoms with Crippen LogP contribution in [0.25, 0.3) is 0 Å². The van der Waals surface area contributed by atoms with Gasteiger partial charge in [-0.05, 0) is 13.0 Å². The summed E-state index contributed by atoms with van der Waals surface area (Å²) in [5.41, 5.74) is -0.541. The van der Waals surface area contributed by atoms with Crippen LogP contribution in [0.3, 0.4) is 0 Å². The number of nitrogens with zero attached hydrogens (tertiary/aromatic N) is 1. The lowest BCUT2D eigenvalue weighted by Gasteiger charge is -2.23. The predicted octanol–water partition coefficient (Wildman–Crippen LogP) is 1.57. The molecule has 0 aromatic rings. The first kappa shape index (κ1) is 10.3. The van der Waals surface area contributed by atoms with Gasteiger partial charge in [0, 0.05) is 6.42 Å². The maximum atomic E-state index is 10.2. The van der Waals surface area contributed by atoms with Crippen LogP contribution < -0.4 is 0 Å². The number of hydrogen-bond acceptors (Lipinski definition) is 3. The molecule has 0 aliphatic heterocycles. The highest BCUT2D eigenvalue weighted by Crippen LogP contribution is 2.26. The van der Waals surface area contributed by atoms with Crippen molar-refractivity contribution < 1.29 is 9.53 Å². The third-order valence-corrected chi connectivity index (χ3v) is 1.91. The van der Waals surface area contributed by atoms with E-state index in [9.17, 15) is 4.79 Å². The molecule has 0 aromatic carbocycles. The Hall–Kier alpha value is -1.78. The second-order valence-corrected chi connectivity index (χ2v) is 3.22. The average molecular weight is 189 g/mol. The number of isocyanates is 1. The smallest absolute Gasteiger partial charge is 0.235 e. The summed E-state index contributed by atoms with van der Waals surface area (Å²) in [7, 11) is 0. The highest BCUT2D eigenvalue weighted by Gasteiger charge is 2.24. The van der Waals surface area contributed by atoms with Gasteiger partial charge in [0.25, 0.3) is 0 Å². The molecule has 0 bridgehead atoms. The number of carbonyl (C=O) groups excluding carboxylic acids is 1. The molecule has 0 aromatic heterocycles. The van der Waals surface area contributed by atoms with Crippen molar-refractivity contribution in [2.24, 2.45) is 4.99 Å². The molecular formula is C11H11NO2. The van der Waals surface area contributed by atoms with Gasteiger partial charge in [0.1, 0.15) is 12.4 Å². The van der Waals surface area contributed by atoms with E-state index in [1.807, 2.05) is 19.1 Å². The molecule has 1 unspecified atom stereocenters. The molecule has 3 nitrogen and oxygen atoms in total. The Labute approximate surface area is 83.2 Å². The fraction of sp³-hybridized carbons (Fsp3) is 0.364. The van der Waals surface area contributed by atoms with Crippen LogP contribution in [0.2, 0.25) is 0 Å². The Morgan fingerprint density at radius 1 is 1.79 bits per heavy atom. The van der Waals surface area contributed by atoms with Gasteiger partial charge < -0.3 is 4.74 Å². The van der Waals surface area contributed by atoms with Gasteiger partial charge in [-0.3, -0.25) is 0 Å². The van der Waals surface area contributed by atoms with Gasteiger partial charge in [-0.15, -0.1) is 6.42 Å². The second kappa shape index (κ2) is 4.45. The molecule has 0 saturated heterocycles. The minimum atomic E-state index is -0.541. The third kappa shape index (κ3) is 2.62. The second-order valence-electron chi connectivity index (χ2n) is 3.22. The summed E-state index contributed by atoms with van der Waals surface area (Å²) in [4.78, 5) is 13.9. The number of aliphatic imine (C=N–C) groups is 1. The summed E-state index contributed by atoms with van der Waals surface area (Å²) in [5.74, 6) is 3.12. The summed E-state index contributed by atoms with van der Waals surface area (Å²) >= 11 is 0. The van der Waals surface area contributed by atoms with Crippen LogP contribution in [-0.2, 0) is 9.53 Å². The van der Waals surface area contributed by atoms with Crippen molar-refractivity contribution in [1.82, 2.24) is 0 Å². The zero-order chi connectivity index (χ0) is 10.4. The zero-order valence-corrected chi connectivity index (χ0v) is 7.99. The van der Waals surface area contributed by atoms with Gasteiger partial charge in [-0.1, -0.05) is 18.1 Å². The first-order valence-corrected chi connectivity index (χ1v) is 4.24. The van der Waals surface area contributed by atoms with E-state index in [1.54, 1.807) is 12.2 Å². The molecular weight excluding hydrogens is 178 g/mol. The number of terminal acetylenes is 1. The van der Waals surface area contributed by atoms with Crippen LogP contribution in [0.15, 0.2) is 29.0 Å². The van der Waals surface area contributed by atoms with E-state index >= 15 is 0 Å². The van der Waals surface area contributed by atoms with Crippen molar-refractivity contribution in [2.75, 3.05) is 6.61 Å². The molecule has 14 heavy (non-hydrogen) atoms. The molecule has 72 valence electrons. The van der Waals surface area contributed by atoms with Crippen molar-refractivity contribution in [3.8, 4) is 12.3 Å². The van der Waals surface area contributed by atoms with Crippen LogP contribution in [0.4, 0.5) is 0 Å². The molecule has 0 spiro atoms. The van der Waals surface area contributed by atoms with E-state index in [2.05, 4.69) is 10.9 Å². The van der Waals surface area contributed by atoms with Gasteiger partial charge in [0.05, 0.1) is 5.54 Å². The third-order valence-electron chi connectivity index (χ3n) is 1.91. The molecule has 1 rings (SSSR count). The van der Waals surface area contributed by atoms with Gasteiger partial charge in [0.2, 0.25) is 6.08 Å². The van der Waals surface area contributed by atoms with Crippen LogP contribution in [-0.4, -0.2) is 18.2 Å². The fourth-order valence-electron chi connectivity index (χ4n) is 1.25. The monoisotopic (exact) mass is 189 g/mol. The topological polar surface area (TPSA) is 38.7 Å². The van der Waals surface area contributed by atoms with E-state index in [-0.39, 0.29) is 6.61 Å². The summed E-state index contributed by atoms with van der Waals surface area (Å²) < 4.78 is 5.26. The van der Waals surface area contributed by atoms with Gasteiger partial charge in [-0.2, -0.15) is 4.99 Å². The molecule has 1 atom stereocenters. The van der Waals surface area contributed by atoms with E-state index in [0.717, 1.165) is 5.76 Å². The lowest BCUT2D eigenvalue weighted by molar-refractivity contribution is 0.228. The van der Waals surface area contributed by atoms with Crippen molar-refractivity contribution in [1.29, 1.82) is 0 Å². The average Bonchev–Trinajstić information content (AvgIpc) is 2.15. The quantitative estimate of drug-likeness (QED) is 0.384. The summed E-state index contributed by atoms with van der Waals surface area (Å²) in [6.45, 7) is 2.07. The lowest BCUT2D eigenvalue weighted by Crippen LogP contribution is -2.22. The molecule has 0 heterocycles. The van der Waals surface area contributed by atoms with Crippen molar-refractivity contribution in [3.05, 3.63) is 24.0 Å². The Morgan fingerprint density at radius 2 is 2.57 bits per heavy atom. The van der Waals surface area contributed by atoms with Crippen molar-refractivity contribution >= 4 is 6.08 Å². The Balaban J connectivity index is 2.68. The Bertz CT molecular complexity index is 356. The number of hydrogen-bond donors (Lipinski definition) is 0. The van der Waals surface area contributed by atoms with Crippen molar-refractivity contribution in [3.63, 3.8) is 0 Å². The number of allylic oxidation sites excluding steroid dienone is 2. The Kier molecular flexibility index (Phi) is 3.28. The standard InChI is InChI=1S/C11H11NO2/c1-3-7-14-10-5-4-6-11(2,8-10)12-9-13/h1,4-6H,7-8H2,2H3. The molecule has 0 N–H and O–H groups in total. The highest BCUT2D eigenvalue weighted by molar-refractivity contribution is 5.38. The fourth-order valence-corrected chi connectivity index (χ4v) is 1.25. The normalized spacial score (nSPS) is 24.4. The van der Waals surface area contributed by atoms with E-state index < -0.39 is 5.54 Å². The zero-order valence-electron chi connectivity index (χ0n) is 7.99. The first-order chi connectivity index (χ1) is 6.70. The predicted molar refractivity (Wildman–Crippen MR) is 53.2 cm³/mol. The SMILES string of the molecule is C#CCOC1=CC=CC(C)(N=C=O)C1. The number of rotatable bonds is 3. The van der Waals surface area contributed by atoms with Gasteiger partial charge in [0.15, 0.2) is 0 Å². The highest BCUT2D eigenvalue weighted by atomic mass is 16.5. The summed E-state index contributed by atoms with van der Waals surface area (Å²) in [6.07, 6.45) is 12.6. The van der Waals surface area contributed by atoms with E-state index in [4.69, 9.17) is 11.2 Å². The lowest BCUT2D eigenvalue weighted by atomic mass is 9.93. The largest absolute Gasteiger partial charge is 0.485 e. The van der Waals surface area contributed by atoms with Crippen LogP contribution >= 0.6 is 0 Å². The molecule has 0 saturated carbocycles. The minimum Gasteiger partial charge on any atom is -0.485 e. The van der Waals surface area contributed by atoms with Gasteiger partial charge >= 0.3 is 0 Å². The maximum absolute atomic E-state index is 10.2. The summed E-state index contributed by atoms with van der Waals surface area (Å²) in [5, 5.41) is 0. The maximum Gasteiger partial charge on any atom is 0.235 e. The molecule has 0 radical (unpaired) electrons. The molecule has 0 amide bonds. The first-order valence-electron chi connectivity index (χ1n) is 4.24. The Morgan fingerprint density at radius 3 is 3.21 bits per heavy atom. The summed E-state index contributed by atoms with van der Waals surface area (Å²) in [6, 6.07) is 0. The molecule has 1 aliphatic carbocycles. The van der Waals surface area contributed by atoms with E-state index in [1.165, 1.54) is 0 Å². The molecule has 0 fully saturated rings.